The molecule has 0 aliphatic carbocycles. The summed E-state index contributed by atoms with van der Waals surface area (Å²) in [5.74, 6) is 0.433. The minimum absolute atomic E-state index is 0.00688. The maximum atomic E-state index is 13.0. The Balaban J connectivity index is 1.38. The zero-order chi connectivity index (χ0) is 22.2. The number of nitrogens with one attached hydrogen (secondary N) is 2. The number of hydrogen-bond donors (Lipinski definition) is 2. The van der Waals surface area contributed by atoms with Crippen molar-refractivity contribution in [1.82, 2.24) is 14.9 Å². The zero-order valence-corrected chi connectivity index (χ0v) is 18.7. The molecule has 4 rings (SSSR count). The summed E-state index contributed by atoms with van der Waals surface area (Å²) < 4.78 is 0. The number of nitrogens with zero attached hydrogens (tertiary/aromatic N) is 2. The van der Waals surface area contributed by atoms with Crippen LogP contribution in [0.3, 0.4) is 0 Å². The van der Waals surface area contributed by atoms with Crippen molar-refractivity contribution in [3.8, 4) is 0 Å². The minimum atomic E-state index is -0.107. The van der Waals surface area contributed by atoms with Crippen LogP contribution in [0.25, 0.3) is 10.9 Å². The van der Waals surface area contributed by atoms with Crippen molar-refractivity contribution in [2.24, 2.45) is 5.92 Å². The molecule has 0 saturated carbocycles. The molecule has 31 heavy (non-hydrogen) atoms. The number of carbonyl (C=O) groups excluding carboxylic acids is 2. The van der Waals surface area contributed by atoms with E-state index in [1.807, 2.05) is 30.0 Å². The van der Waals surface area contributed by atoms with E-state index in [-0.39, 0.29) is 23.1 Å². The number of H-pyrrole nitrogens is 1. The van der Waals surface area contributed by atoms with E-state index in [4.69, 9.17) is 0 Å². The predicted molar refractivity (Wildman–Crippen MR) is 123 cm³/mol. The molecule has 1 aliphatic heterocycles. The van der Waals surface area contributed by atoms with Gasteiger partial charge in [-0.25, -0.2) is 4.98 Å². The van der Waals surface area contributed by atoms with Crippen LogP contribution in [0, 0.1) is 12.8 Å². The van der Waals surface area contributed by atoms with Crippen molar-refractivity contribution in [2.45, 2.75) is 46.0 Å². The first-order valence-electron chi connectivity index (χ1n) is 10.9. The summed E-state index contributed by atoms with van der Waals surface area (Å²) in [6.07, 6.45) is 3.04. The third-order valence-corrected chi connectivity index (χ3v) is 6.03. The van der Waals surface area contributed by atoms with Gasteiger partial charge in [-0.2, -0.15) is 0 Å². The Morgan fingerprint density at radius 1 is 1.10 bits per heavy atom. The van der Waals surface area contributed by atoms with Crippen LogP contribution in [-0.2, 0) is 10.2 Å². The quantitative estimate of drug-likeness (QED) is 0.649. The number of aromatic amines is 1. The van der Waals surface area contributed by atoms with Crippen LogP contribution in [-0.4, -0.2) is 39.8 Å². The molecule has 162 valence electrons. The topological polar surface area (TPSA) is 78.1 Å². The minimum Gasteiger partial charge on any atom is -0.351 e. The van der Waals surface area contributed by atoms with E-state index in [9.17, 15) is 9.59 Å². The van der Waals surface area contributed by atoms with Gasteiger partial charge in [-0.1, -0.05) is 39.0 Å². The summed E-state index contributed by atoms with van der Waals surface area (Å²) in [6.45, 7) is 9.64. The van der Waals surface area contributed by atoms with Gasteiger partial charge in [0, 0.05) is 36.1 Å². The number of anilines is 1. The standard InChI is InChI=1S/C25H30N4O2/c1-16-5-8-22(26-15-16)28-23(30)17-9-11-29(12-10-17)24(31)21-13-18-6-7-19(25(2,3)4)14-20(18)27-21/h5-8,13-15,17,27H,9-12H2,1-4H3,(H,26,28,30). The fourth-order valence-corrected chi connectivity index (χ4v) is 3.99. The molecule has 3 heterocycles. The molecule has 3 aromatic rings. The van der Waals surface area contributed by atoms with Gasteiger partial charge in [0.05, 0.1) is 0 Å². The van der Waals surface area contributed by atoms with Crippen LogP contribution in [0.15, 0.2) is 42.6 Å². The summed E-state index contributed by atoms with van der Waals surface area (Å²) in [5, 5.41) is 3.93. The van der Waals surface area contributed by atoms with Gasteiger partial charge in [0.25, 0.3) is 5.91 Å². The van der Waals surface area contributed by atoms with Gasteiger partial charge >= 0.3 is 0 Å². The van der Waals surface area contributed by atoms with Crippen LogP contribution in [0.2, 0.25) is 0 Å². The number of likely N-dealkylation sites (tertiary alicyclic amines) is 1. The zero-order valence-electron chi connectivity index (χ0n) is 18.7. The summed E-state index contributed by atoms with van der Waals surface area (Å²) in [5.41, 5.74) is 3.93. The number of carbonyl (C=O) groups is 2. The van der Waals surface area contributed by atoms with E-state index >= 15 is 0 Å². The van der Waals surface area contributed by atoms with Crippen molar-refractivity contribution in [3.63, 3.8) is 0 Å². The van der Waals surface area contributed by atoms with E-state index in [0.717, 1.165) is 16.5 Å². The Morgan fingerprint density at radius 3 is 2.48 bits per heavy atom. The maximum Gasteiger partial charge on any atom is 0.270 e. The molecule has 6 heteroatoms. The molecular weight excluding hydrogens is 388 g/mol. The summed E-state index contributed by atoms with van der Waals surface area (Å²) in [7, 11) is 0. The van der Waals surface area contributed by atoms with Crippen molar-refractivity contribution in [1.29, 1.82) is 0 Å². The summed E-state index contributed by atoms with van der Waals surface area (Å²) in [6, 6.07) is 12.0. The summed E-state index contributed by atoms with van der Waals surface area (Å²) in [4.78, 5) is 35.0. The lowest BCUT2D eigenvalue weighted by Gasteiger charge is -2.31. The number of rotatable bonds is 3. The average molecular weight is 419 g/mol. The van der Waals surface area contributed by atoms with Gasteiger partial charge in [0.15, 0.2) is 0 Å². The first kappa shape index (κ1) is 21.1. The van der Waals surface area contributed by atoms with Crippen LogP contribution in [0.4, 0.5) is 5.82 Å². The Kier molecular flexibility index (Phi) is 5.56. The molecule has 6 nitrogen and oxygen atoms in total. The Bertz CT molecular complexity index is 1100. The van der Waals surface area contributed by atoms with Crippen LogP contribution in [0.1, 0.15) is 55.2 Å². The molecular formula is C25H30N4O2. The molecule has 2 aromatic heterocycles. The molecule has 0 atom stereocenters. The fourth-order valence-electron chi connectivity index (χ4n) is 3.99. The van der Waals surface area contributed by atoms with Crippen LogP contribution < -0.4 is 5.32 Å². The van der Waals surface area contributed by atoms with Crippen molar-refractivity contribution >= 4 is 28.5 Å². The lowest BCUT2D eigenvalue weighted by Crippen LogP contribution is -2.41. The molecule has 1 fully saturated rings. The van der Waals surface area contributed by atoms with Crippen LogP contribution in [0.5, 0.6) is 0 Å². The number of amides is 2. The molecule has 1 aromatic carbocycles. The van der Waals surface area contributed by atoms with E-state index in [2.05, 4.69) is 54.3 Å². The number of benzene rings is 1. The lowest BCUT2D eigenvalue weighted by molar-refractivity contribution is -0.121. The normalized spacial score (nSPS) is 15.3. The Labute approximate surface area is 183 Å². The number of pyridine rings is 1. The van der Waals surface area contributed by atoms with Gasteiger partial charge in [0.1, 0.15) is 11.5 Å². The first-order valence-corrected chi connectivity index (χ1v) is 10.9. The van der Waals surface area contributed by atoms with Crippen molar-refractivity contribution < 1.29 is 9.59 Å². The lowest BCUT2D eigenvalue weighted by atomic mass is 9.87. The third kappa shape index (κ3) is 4.63. The number of fused-ring (bicyclic) bond motifs is 1. The van der Waals surface area contributed by atoms with Crippen molar-refractivity contribution in [3.05, 3.63) is 59.4 Å². The number of hydrogen-bond acceptors (Lipinski definition) is 3. The van der Waals surface area contributed by atoms with E-state index in [1.165, 1.54) is 5.56 Å². The Morgan fingerprint density at radius 2 is 1.84 bits per heavy atom. The van der Waals surface area contributed by atoms with E-state index < -0.39 is 0 Å². The number of aryl methyl sites for hydroxylation is 1. The van der Waals surface area contributed by atoms with Crippen molar-refractivity contribution in [2.75, 3.05) is 18.4 Å². The molecule has 2 amide bonds. The largest absolute Gasteiger partial charge is 0.351 e. The van der Waals surface area contributed by atoms with Gasteiger partial charge < -0.3 is 15.2 Å². The second-order valence-electron chi connectivity index (χ2n) is 9.51. The number of aromatic nitrogens is 2. The third-order valence-electron chi connectivity index (χ3n) is 6.03. The highest BCUT2D eigenvalue weighted by molar-refractivity contribution is 5.98. The highest BCUT2D eigenvalue weighted by atomic mass is 16.2. The number of piperidine rings is 1. The molecule has 0 radical (unpaired) electrons. The van der Waals surface area contributed by atoms with E-state index in [0.29, 0.717) is 37.4 Å². The SMILES string of the molecule is Cc1ccc(NC(=O)C2CCN(C(=O)c3cc4ccc(C(C)(C)C)cc4[nH]3)CC2)nc1. The van der Waals surface area contributed by atoms with Crippen LogP contribution >= 0.6 is 0 Å². The summed E-state index contributed by atoms with van der Waals surface area (Å²) >= 11 is 0. The smallest absolute Gasteiger partial charge is 0.270 e. The predicted octanol–water partition coefficient (Wildman–Crippen LogP) is 4.66. The molecule has 0 spiro atoms. The molecule has 0 unspecified atom stereocenters. The monoisotopic (exact) mass is 418 g/mol. The van der Waals surface area contributed by atoms with E-state index in [1.54, 1.807) is 6.20 Å². The average Bonchev–Trinajstić information content (AvgIpc) is 3.18. The second-order valence-corrected chi connectivity index (χ2v) is 9.51. The molecule has 0 bridgehead atoms. The van der Waals surface area contributed by atoms with Gasteiger partial charge in [-0.15, -0.1) is 0 Å². The maximum absolute atomic E-state index is 13.0. The highest BCUT2D eigenvalue weighted by Crippen LogP contribution is 2.27. The van der Waals surface area contributed by atoms with Gasteiger partial charge in [-0.05, 0) is 54.5 Å². The fraction of sp³-hybridized carbons (Fsp3) is 0.400. The highest BCUT2D eigenvalue weighted by Gasteiger charge is 2.28. The Hall–Kier alpha value is -3.15. The van der Waals surface area contributed by atoms with Gasteiger partial charge in [0.2, 0.25) is 5.91 Å². The first-order chi connectivity index (χ1) is 14.7. The second kappa shape index (κ2) is 8.17. The molecule has 1 saturated heterocycles. The van der Waals surface area contributed by atoms with Gasteiger partial charge in [-0.3, -0.25) is 9.59 Å². The molecule has 1 aliphatic rings. The molecule has 2 N–H and O–H groups in total.